The molecule has 2 aliphatic heterocycles. The number of nitrogens with one attached hydrogen (secondary N) is 1. The molecule has 1 spiro atoms. The standard InChI is InChI=1S/C22H29N3O6S/c1-15-4-6-16(7-5-15)18-12-17(23-31-18)20(26)25-10-8-22(9-11-25)13-19(24-32(3,28)29)21(2,27)14-30-22/h4-7,12,19,24,27H,8-11,13-14H2,1-3H3/t19-,21-/m0/s1. The summed E-state index contributed by atoms with van der Waals surface area (Å²) < 4.78 is 37.4. The number of hydrogen-bond acceptors (Lipinski definition) is 7. The van der Waals surface area contributed by atoms with Gasteiger partial charge in [0.2, 0.25) is 10.0 Å². The predicted molar refractivity (Wildman–Crippen MR) is 118 cm³/mol. The first kappa shape index (κ1) is 22.9. The Morgan fingerprint density at radius 3 is 2.53 bits per heavy atom. The second-order valence-electron chi connectivity index (χ2n) is 9.21. The fourth-order valence-electron chi connectivity index (χ4n) is 4.34. The molecule has 1 amide bonds. The Bertz CT molecular complexity index is 1090. The van der Waals surface area contributed by atoms with Gasteiger partial charge in [0.1, 0.15) is 5.60 Å². The third kappa shape index (κ3) is 4.88. The van der Waals surface area contributed by atoms with Gasteiger partial charge in [-0.05, 0) is 33.1 Å². The van der Waals surface area contributed by atoms with E-state index < -0.39 is 27.3 Å². The van der Waals surface area contributed by atoms with Gasteiger partial charge in [-0.15, -0.1) is 0 Å². The van der Waals surface area contributed by atoms with Gasteiger partial charge < -0.3 is 19.3 Å². The normalized spacial score (nSPS) is 25.8. The van der Waals surface area contributed by atoms with Gasteiger partial charge in [0.15, 0.2) is 11.5 Å². The zero-order valence-electron chi connectivity index (χ0n) is 18.5. The highest BCUT2D eigenvalue weighted by Crippen LogP contribution is 2.39. The lowest BCUT2D eigenvalue weighted by Gasteiger charge is -2.50. The fourth-order valence-corrected chi connectivity index (χ4v) is 5.19. The van der Waals surface area contributed by atoms with Crippen molar-refractivity contribution in [1.82, 2.24) is 14.8 Å². The molecule has 0 saturated carbocycles. The van der Waals surface area contributed by atoms with Crippen molar-refractivity contribution in [1.29, 1.82) is 0 Å². The first-order chi connectivity index (χ1) is 15.0. The molecule has 1 aromatic carbocycles. The van der Waals surface area contributed by atoms with Crippen LogP contribution in [0.2, 0.25) is 0 Å². The molecule has 0 radical (unpaired) electrons. The van der Waals surface area contributed by atoms with Gasteiger partial charge in [0.05, 0.1) is 24.5 Å². The molecule has 0 bridgehead atoms. The molecule has 2 saturated heterocycles. The van der Waals surface area contributed by atoms with Gasteiger partial charge in [-0.3, -0.25) is 4.79 Å². The molecular formula is C22H29N3O6S. The third-order valence-corrected chi connectivity index (χ3v) is 7.09. The van der Waals surface area contributed by atoms with Gasteiger partial charge in [-0.25, -0.2) is 13.1 Å². The number of hydrogen-bond donors (Lipinski definition) is 2. The Labute approximate surface area is 187 Å². The summed E-state index contributed by atoms with van der Waals surface area (Å²) in [5.41, 5.74) is 0.354. The molecule has 2 N–H and O–H groups in total. The minimum atomic E-state index is -3.48. The van der Waals surface area contributed by atoms with Gasteiger partial charge >= 0.3 is 0 Å². The van der Waals surface area contributed by atoms with Crippen molar-refractivity contribution >= 4 is 15.9 Å². The highest BCUT2D eigenvalue weighted by Gasteiger charge is 2.49. The van der Waals surface area contributed by atoms with Crippen molar-refractivity contribution < 1.29 is 27.6 Å². The van der Waals surface area contributed by atoms with E-state index in [1.54, 1.807) is 17.9 Å². The minimum Gasteiger partial charge on any atom is -0.386 e. The van der Waals surface area contributed by atoms with E-state index in [4.69, 9.17) is 9.26 Å². The van der Waals surface area contributed by atoms with Crippen LogP contribution >= 0.6 is 0 Å². The Morgan fingerprint density at radius 1 is 1.25 bits per heavy atom. The lowest BCUT2D eigenvalue weighted by Crippen LogP contribution is -2.64. The molecule has 2 aliphatic rings. The van der Waals surface area contributed by atoms with E-state index in [2.05, 4.69) is 9.88 Å². The van der Waals surface area contributed by atoms with Crippen LogP contribution in [0.1, 0.15) is 42.2 Å². The second-order valence-corrected chi connectivity index (χ2v) is 11.0. The van der Waals surface area contributed by atoms with Gasteiger partial charge in [-0.1, -0.05) is 35.0 Å². The average molecular weight is 464 g/mol. The lowest BCUT2D eigenvalue weighted by molar-refractivity contribution is -0.187. The van der Waals surface area contributed by atoms with Crippen molar-refractivity contribution in [2.45, 2.75) is 50.4 Å². The summed E-state index contributed by atoms with van der Waals surface area (Å²) in [6.07, 6.45) is 2.50. The van der Waals surface area contributed by atoms with Crippen LogP contribution in [0.15, 0.2) is 34.9 Å². The Balaban J connectivity index is 1.41. The van der Waals surface area contributed by atoms with E-state index in [0.717, 1.165) is 17.4 Å². The van der Waals surface area contributed by atoms with Crippen LogP contribution < -0.4 is 4.72 Å². The summed E-state index contributed by atoms with van der Waals surface area (Å²) in [5.74, 6) is 0.324. The van der Waals surface area contributed by atoms with Crippen LogP contribution in [-0.2, 0) is 14.8 Å². The number of nitrogens with zero attached hydrogens (tertiary/aromatic N) is 2. The number of amides is 1. The zero-order chi connectivity index (χ0) is 23.1. The van der Waals surface area contributed by atoms with Crippen LogP contribution in [0, 0.1) is 6.92 Å². The van der Waals surface area contributed by atoms with Crippen LogP contribution in [0.5, 0.6) is 0 Å². The van der Waals surface area contributed by atoms with E-state index in [0.29, 0.717) is 38.1 Å². The molecule has 1 aromatic heterocycles. The third-order valence-electron chi connectivity index (χ3n) is 6.38. The van der Waals surface area contributed by atoms with E-state index in [1.165, 1.54) is 0 Å². The van der Waals surface area contributed by atoms with Gasteiger partial charge in [-0.2, -0.15) is 0 Å². The molecule has 32 heavy (non-hydrogen) atoms. The Kier molecular flexibility index (Phi) is 5.91. The van der Waals surface area contributed by atoms with Crippen LogP contribution in [-0.4, -0.2) is 72.7 Å². The Hall–Kier alpha value is -2.27. The van der Waals surface area contributed by atoms with Crippen molar-refractivity contribution in [2.24, 2.45) is 0 Å². The van der Waals surface area contributed by atoms with Crippen LogP contribution in [0.3, 0.4) is 0 Å². The number of carbonyl (C=O) groups is 1. The molecule has 0 aliphatic carbocycles. The molecule has 3 heterocycles. The minimum absolute atomic E-state index is 0.0251. The number of ether oxygens (including phenoxy) is 1. The van der Waals surface area contributed by atoms with E-state index in [-0.39, 0.29) is 18.2 Å². The largest absolute Gasteiger partial charge is 0.386 e. The van der Waals surface area contributed by atoms with Crippen molar-refractivity contribution in [2.75, 3.05) is 26.0 Å². The molecule has 9 nitrogen and oxygen atoms in total. The van der Waals surface area contributed by atoms with Crippen molar-refractivity contribution in [3.05, 3.63) is 41.6 Å². The van der Waals surface area contributed by atoms with Crippen LogP contribution in [0.25, 0.3) is 11.3 Å². The number of sulfonamides is 1. The number of carbonyl (C=O) groups excluding carboxylic acids is 1. The SMILES string of the molecule is Cc1ccc(-c2cc(C(=O)N3CCC4(CC3)C[C@H](NS(C)(=O)=O)[C@@](C)(O)CO4)no2)cc1. The summed E-state index contributed by atoms with van der Waals surface area (Å²) >= 11 is 0. The van der Waals surface area contributed by atoms with Crippen molar-refractivity contribution in [3.63, 3.8) is 0 Å². The molecule has 2 aromatic rings. The molecule has 10 heteroatoms. The summed E-state index contributed by atoms with van der Waals surface area (Å²) in [7, 11) is -3.48. The number of aryl methyl sites for hydroxylation is 1. The maximum atomic E-state index is 13.0. The zero-order valence-corrected chi connectivity index (χ0v) is 19.3. The average Bonchev–Trinajstić information content (AvgIpc) is 3.21. The molecular weight excluding hydrogens is 434 g/mol. The van der Waals surface area contributed by atoms with E-state index >= 15 is 0 Å². The smallest absolute Gasteiger partial charge is 0.276 e. The summed E-state index contributed by atoms with van der Waals surface area (Å²) in [4.78, 5) is 14.7. The maximum Gasteiger partial charge on any atom is 0.276 e. The highest BCUT2D eigenvalue weighted by atomic mass is 32.2. The Morgan fingerprint density at radius 2 is 1.91 bits per heavy atom. The quantitative estimate of drug-likeness (QED) is 0.708. The number of benzene rings is 1. The maximum absolute atomic E-state index is 13.0. The van der Waals surface area contributed by atoms with E-state index in [9.17, 15) is 18.3 Å². The lowest BCUT2D eigenvalue weighted by atomic mass is 9.78. The summed E-state index contributed by atoms with van der Waals surface area (Å²) in [6, 6.07) is 8.78. The first-order valence-corrected chi connectivity index (χ1v) is 12.5. The molecule has 2 atom stereocenters. The monoisotopic (exact) mass is 463 g/mol. The molecule has 0 unspecified atom stereocenters. The summed E-state index contributed by atoms with van der Waals surface area (Å²) in [5, 5.41) is 14.5. The molecule has 2 fully saturated rings. The summed E-state index contributed by atoms with van der Waals surface area (Å²) in [6.45, 7) is 4.48. The number of likely N-dealkylation sites (tertiary alicyclic amines) is 1. The first-order valence-electron chi connectivity index (χ1n) is 10.6. The number of rotatable bonds is 4. The van der Waals surface area contributed by atoms with Gasteiger partial charge in [0, 0.05) is 24.7 Å². The van der Waals surface area contributed by atoms with Crippen LogP contribution in [0.4, 0.5) is 0 Å². The number of aliphatic hydroxyl groups is 1. The molecule has 174 valence electrons. The van der Waals surface area contributed by atoms with Crippen molar-refractivity contribution in [3.8, 4) is 11.3 Å². The second kappa shape index (κ2) is 8.26. The topological polar surface area (TPSA) is 122 Å². The fraction of sp³-hybridized carbons (Fsp3) is 0.545. The predicted octanol–water partition coefficient (Wildman–Crippen LogP) is 1.71. The number of piperidine rings is 1. The molecule has 4 rings (SSSR count). The highest BCUT2D eigenvalue weighted by molar-refractivity contribution is 7.88. The van der Waals surface area contributed by atoms with E-state index in [1.807, 2.05) is 31.2 Å². The number of aromatic nitrogens is 1. The van der Waals surface area contributed by atoms with Gasteiger partial charge in [0.25, 0.3) is 5.91 Å².